The maximum atomic E-state index is 14.5. The third kappa shape index (κ3) is 3.80. The Hall–Kier alpha value is -2.58. The number of rotatable bonds is 4. The Bertz CT molecular complexity index is 1130. The van der Waals surface area contributed by atoms with Crippen LogP contribution in [0.2, 0.25) is 0 Å². The number of cyclic esters (lactones) is 1. The highest BCUT2D eigenvalue weighted by Gasteiger charge is 2.71. The Balaban J connectivity index is 1.66. The van der Waals surface area contributed by atoms with Crippen LogP contribution in [-0.4, -0.2) is 69.6 Å². The van der Waals surface area contributed by atoms with Crippen LogP contribution in [0.4, 0.5) is 5.69 Å². The summed E-state index contributed by atoms with van der Waals surface area (Å²) in [5.74, 6) is -2.19. The van der Waals surface area contributed by atoms with Gasteiger partial charge in [-0.05, 0) is 50.3 Å². The van der Waals surface area contributed by atoms with Crippen molar-refractivity contribution in [2.75, 3.05) is 24.7 Å². The number of carbonyl (C=O) groups excluding carboxylic acids is 3. The van der Waals surface area contributed by atoms with E-state index in [0.29, 0.717) is 19.6 Å². The second-order valence-corrected chi connectivity index (χ2v) is 11.7. The van der Waals surface area contributed by atoms with E-state index in [0.717, 1.165) is 29.7 Å². The van der Waals surface area contributed by atoms with Gasteiger partial charge in [0.15, 0.2) is 0 Å². The molecule has 1 N–H and O–H groups in total. The number of benzene rings is 1. The molecule has 1 unspecified atom stereocenters. The Morgan fingerprint density at radius 3 is 2.75 bits per heavy atom. The van der Waals surface area contributed by atoms with E-state index in [1.54, 1.807) is 9.80 Å². The van der Waals surface area contributed by atoms with E-state index in [-0.39, 0.29) is 29.6 Å². The number of aliphatic hydroxyl groups is 1. The molecule has 1 aromatic carbocycles. The minimum absolute atomic E-state index is 0.173. The fourth-order valence-corrected chi connectivity index (χ4v) is 8.21. The normalized spacial score (nSPS) is 33.6. The van der Waals surface area contributed by atoms with Crippen molar-refractivity contribution in [2.45, 2.75) is 62.1 Å². The smallest absolute Gasteiger partial charge is 0.311 e. The number of esters is 1. The standard InChI is InChI=1S/C28H34N2O5S/c1-4-19(16-31)30-24-26(33)29(20-15-17(2)10-11-18(20)3)13-8-12-28(24)23(25(30)32)22-21(36-28)9-6-5-7-14-35-27(22)34/h6,8-12,15,19,21-24,31H,4-5,7,13-14,16H2,1-3H3/b9-6-/t19-,21-,22+,23-,24?,28-/m0/s1. The molecule has 0 saturated carbocycles. The van der Waals surface area contributed by atoms with Gasteiger partial charge in [0, 0.05) is 17.5 Å². The zero-order chi connectivity index (χ0) is 25.6. The van der Waals surface area contributed by atoms with Gasteiger partial charge in [0.2, 0.25) is 5.91 Å². The third-order valence-electron chi connectivity index (χ3n) is 8.02. The van der Waals surface area contributed by atoms with Gasteiger partial charge < -0.3 is 19.6 Å². The molecule has 2 saturated heterocycles. The predicted octanol–water partition coefficient (Wildman–Crippen LogP) is 3.17. The van der Waals surface area contributed by atoms with Gasteiger partial charge in [-0.2, -0.15) is 0 Å². The van der Waals surface area contributed by atoms with Crippen LogP contribution in [0.3, 0.4) is 0 Å². The summed E-state index contributed by atoms with van der Waals surface area (Å²) in [6.45, 7) is 6.33. The van der Waals surface area contributed by atoms with Crippen LogP contribution in [0, 0.1) is 25.7 Å². The highest BCUT2D eigenvalue weighted by atomic mass is 32.2. The SMILES string of the molecule is CC[C@@H](CO)N1C(=O)[C@@H]2[C@@H]3C(=O)OCCC/C=C\[C@@H]3S[C@@]23C=CCN(c2cc(C)ccc2C)C(=O)C13. The molecule has 2 fully saturated rings. The van der Waals surface area contributed by atoms with Crippen molar-refractivity contribution in [1.82, 2.24) is 4.90 Å². The monoisotopic (exact) mass is 510 g/mol. The molecule has 0 aliphatic carbocycles. The summed E-state index contributed by atoms with van der Waals surface area (Å²) in [5.41, 5.74) is 2.84. The molecule has 4 aliphatic rings. The van der Waals surface area contributed by atoms with Gasteiger partial charge in [0.05, 0.1) is 35.8 Å². The summed E-state index contributed by atoms with van der Waals surface area (Å²) in [4.78, 5) is 45.3. The van der Waals surface area contributed by atoms with Crippen molar-refractivity contribution in [3.63, 3.8) is 0 Å². The zero-order valence-corrected chi connectivity index (χ0v) is 21.9. The molecule has 192 valence electrons. The van der Waals surface area contributed by atoms with E-state index in [1.807, 2.05) is 57.2 Å². The quantitative estimate of drug-likeness (QED) is 0.495. The summed E-state index contributed by atoms with van der Waals surface area (Å²) in [7, 11) is 0. The Kier molecular flexibility index (Phi) is 6.76. The number of carbonyl (C=O) groups is 3. The second-order valence-electron chi connectivity index (χ2n) is 10.2. The lowest BCUT2D eigenvalue weighted by molar-refractivity contribution is -0.153. The fraction of sp³-hybridized carbons (Fsp3) is 0.536. The van der Waals surface area contributed by atoms with E-state index >= 15 is 0 Å². The predicted molar refractivity (Wildman–Crippen MR) is 140 cm³/mol. The molecule has 7 nitrogen and oxygen atoms in total. The number of amides is 2. The minimum Gasteiger partial charge on any atom is -0.465 e. The molecule has 36 heavy (non-hydrogen) atoms. The lowest BCUT2D eigenvalue weighted by Gasteiger charge is -2.38. The van der Waals surface area contributed by atoms with Crippen molar-refractivity contribution in [2.24, 2.45) is 11.8 Å². The Morgan fingerprint density at radius 2 is 2.00 bits per heavy atom. The molecule has 0 aromatic heterocycles. The molecule has 6 atom stereocenters. The van der Waals surface area contributed by atoms with E-state index in [2.05, 4.69) is 6.08 Å². The highest BCUT2D eigenvalue weighted by molar-refractivity contribution is 8.02. The number of nitrogens with zero attached hydrogens (tertiary/aromatic N) is 2. The Morgan fingerprint density at radius 1 is 1.19 bits per heavy atom. The van der Waals surface area contributed by atoms with Crippen molar-refractivity contribution >= 4 is 35.2 Å². The topological polar surface area (TPSA) is 87.2 Å². The van der Waals surface area contributed by atoms with Crippen LogP contribution in [0.15, 0.2) is 42.5 Å². The summed E-state index contributed by atoms with van der Waals surface area (Å²) < 4.78 is 4.69. The maximum Gasteiger partial charge on any atom is 0.311 e. The van der Waals surface area contributed by atoms with E-state index < -0.39 is 28.7 Å². The molecule has 1 spiro atoms. The molecule has 2 amide bonds. The van der Waals surface area contributed by atoms with Gasteiger partial charge in [0.25, 0.3) is 5.91 Å². The summed E-state index contributed by atoms with van der Waals surface area (Å²) >= 11 is 1.53. The van der Waals surface area contributed by atoms with Crippen molar-refractivity contribution in [3.05, 3.63) is 53.6 Å². The number of anilines is 1. The number of hydrogen-bond acceptors (Lipinski definition) is 6. The number of hydrogen-bond donors (Lipinski definition) is 1. The van der Waals surface area contributed by atoms with Crippen LogP contribution < -0.4 is 4.90 Å². The summed E-state index contributed by atoms with van der Waals surface area (Å²) in [5, 5.41) is 9.98. The lowest BCUT2D eigenvalue weighted by Crippen LogP contribution is -2.56. The highest BCUT2D eigenvalue weighted by Crippen LogP contribution is 2.61. The van der Waals surface area contributed by atoms with Gasteiger partial charge in [-0.15, -0.1) is 11.8 Å². The molecular weight excluding hydrogens is 476 g/mol. The lowest BCUT2D eigenvalue weighted by atomic mass is 9.78. The molecule has 0 radical (unpaired) electrons. The van der Waals surface area contributed by atoms with E-state index in [4.69, 9.17) is 4.74 Å². The number of allylic oxidation sites excluding steroid dienone is 1. The summed E-state index contributed by atoms with van der Waals surface area (Å²) in [6.07, 6.45) is 10.1. The van der Waals surface area contributed by atoms with Gasteiger partial charge in [-0.1, -0.05) is 43.4 Å². The number of thioether (sulfide) groups is 1. The third-order valence-corrected chi connectivity index (χ3v) is 9.76. The molecule has 5 rings (SSSR count). The first-order valence-corrected chi connectivity index (χ1v) is 13.7. The van der Waals surface area contributed by atoms with Crippen LogP contribution in [-0.2, 0) is 19.1 Å². The van der Waals surface area contributed by atoms with Crippen LogP contribution in [0.1, 0.15) is 37.3 Å². The van der Waals surface area contributed by atoms with Crippen molar-refractivity contribution < 1.29 is 24.2 Å². The van der Waals surface area contributed by atoms with E-state index in [1.165, 1.54) is 11.8 Å². The first-order chi connectivity index (χ1) is 17.3. The van der Waals surface area contributed by atoms with Gasteiger partial charge in [0.1, 0.15) is 6.04 Å². The zero-order valence-electron chi connectivity index (χ0n) is 21.1. The van der Waals surface area contributed by atoms with Crippen LogP contribution in [0.5, 0.6) is 0 Å². The van der Waals surface area contributed by atoms with Crippen molar-refractivity contribution in [1.29, 1.82) is 0 Å². The molecule has 4 heterocycles. The number of ether oxygens (including phenoxy) is 1. The first-order valence-electron chi connectivity index (χ1n) is 12.8. The Labute approximate surface area is 216 Å². The molecule has 4 aliphatic heterocycles. The molecule has 8 heteroatoms. The number of aryl methyl sites for hydroxylation is 2. The number of aliphatic hydroxyl groups excluding tert-OH is 1. The van der Waals surface area contributed by atoms with Gasteiger partial charge in [-0.25, -0.2) is 0 Å². The van der Waals surface area contributed by atoms with Crippen LogP contribution >= 0.6 is 11.8 Å². The number of likely N-dealkylation sites (tertiary alicyclic amines) is 1. The van der Waals surface area contributed by atoms with Crippen molar-refractivity contribution in [3.8, 4) is 0 Å². The molecule has 0 bridgehead atoms. The largest absolute Gasteiger partial charge is 0.465 e. The average molecular weight is 511 g/mol. The molecular formula is C28H34N2O5S. The maximum absolute atomic E-state index is 14.5. The average Bonchev–Trinajstić information content (AvgIpc) is 3.27. The minimum atomic E-state index is -0.916. The van der Waals surface area contributed by atoms with E-state index in [9.17, 15) is 19.5 Å². The van der Waals surface area contributed by atoms with Gasteiger partial charge in [-0.3, -0.25) is 14.4 Å². The summed E-state index contributed by atoms with van der Waals surface area (Å²) in [6, 6.07) is 4.68. The first kappa shape index (κ1) is 25.1. The van der Waals surface area contributed by atoms with Gasteiger partial charge >= 0.3 is 5.97 Å². The van der Waals surface area contributed by atoms with Crippen LogP contribution in [0.25, 0.3) is 0 Å². The fourth-order valence-electron chi connectivity index (χ4n) is 6.23. The second kappa shape index (κ2) is 9.71. The molecule has 1 aromatic rings. The number of fused-ring (bicyclic) bond motifs is 2.